The van der Waals surface area contributed by atoms with Crippen LogP contribution in [0.3, 0.4) is 0 Å². The van der Waals surface area contributed by atoms with Crippen LogP contribution in [0.4, 0.5) is 5.69 Å². The average molecular weight is 354 g/mol. The summed E-state index contributed by atoms with van der Waals surface area (Å²) in [5, 5.41) is 19.8. The molecule has 9 nitrogen and oxygen atoms in total. The third kappa shape index (κ3) is 3.97. The van der Waals surface area contributed by atoms with Crippen molar-refractivity contribution in [3.63, 3.8) is 0 Å². The lowest BCUT2D eigenvalue weighted by molar-refractivity contribution is -0.385. The van der Waals surface area contributed by atoms with Gasteiger partial charge in [-0.2, -0.15) is 4.72 Å². The minimum atomic E-state index is -4.20. The van der Waals surface area contributed by atoms with Crippen molar-refractivity contribution in [2.75, 3.05) is 0 Å². The number of aliphatic carboxylic acids is 1. The van der Waals surface area contributed by atoms with Gasteiger partial charge in [0.15, 0.2) is 0 Å². The molecule has 1 atom stereocenters. The third-order valence-corrected chi connectivity index (χ3v) is 4.85. The SMILES string of the molecule is Cc1ccc([N+](=O)[O-])cc1S(=O)(=O)N[C@H](CC(=O)O)c1ccco1. The van der Waals surface area contributed by atoms with Crippen LogP contribution < -0.4 is 4.72 Å². The fourth-order valence-corrected chi connectivity index (χ4v) is 3.58. The lowest BCUT2D eigenvalue weighted by atomic mass is 10.2. The lowest BCUT2D eigenvalue weighted by Gasteiger charge is -2.16. The van der Waals surface area contributed by atoms with E-state index < -0.39 is 33.4 Å². The topological polar surface area (TPSA) is 140 Å². The van der Waals surface area contributed by atoms with E-state index >= 15 is 0 Å². The van der Waals surface area contributed by atoms with Crippen LogP contribution in [0.5, 0.6) is 0 Å². The molecule has 128 valence electrons. The fraction of sp³-hybridized carbons (Fsp3) is 0.214. The van der Waals surface area contributed by atoms with Crippen molar-refractivity contribution >= 4 is 21.7 Å². The van der Waals surface area contributed by atoms with Gasteiger partial charge in [0.25, 0.3) is 5.69 Å². The van der Waals surface area contributed by atoms with E-state index in [1.54, 1.807) is 0 Å². The monoisotopic (exact) mass is 354 g/mol. The van der Waals surface area contributed by atoms with Crippen LogP contribution in [-0.2, 0) is 14.8 Å². The average Bonchev–Trinajstić information content (AvgIpc) is 3.00. The number of benzene rings is 1. The van der Waals surface area contributed by atoms with E-state index in [1.807, 2.05) is 0 Å². The van der Waals surface area contributed by atoms with Crippen LogP contribution in [0.25, 0.3) is 0 Å². The van der Waals surface area contributed by atoms with Crippen LogP contribution in [-0.4, -0.2) is 24.4 Å². The molecule has 0 aliphatic carbocycles. The van der Waals surface area contributed by atoms with Gasteiger partial charge in [-0.05, 0) is 24.6 Å². The van der Waals surface area contributed by atoms with Gasteiger partial charge in [0.2, 0.25) is 10.0 Å². The molecule has 0 saturated heterocycles. The number of carbonyl (C=O) groups is 1. The molecule has 0 aliphatic rings. The number of nitrogens with zero attached hydrogens (tertiary/aromatic N) is 1. The molecule has 0 aliphatic heterocycles. The first-order valence-electron chi connectivity index (χ1n) is 6.73. The van der Waals surface area contributed by atoms with E-state index in [4.69, 9.17) is 9.52 Å². The Morgan fingerprint density at radius 2 is 2.12 bits per heavy atom. The number of carboxylic acid groups (broad SMARTS) is 1. The normalized spacial score (nSPS) is 12.7. The lowest BCUT2D eigenvalue weighted by Crippen LogP contribution is -2.30. The molecule has 0 unspecified atom stereocenters. The van der Waals surface area contributed by atoms with E-state index in [-0.39, 0.29) is 16.3 Å². The fourth-order valence-electron chi connectivity index (χ4n) is 2.11. The molecule has 1 aromatic carbocycles. The Hall–Kier alpha value is -2.72. The van der Waals surface area contributed by atoms with E-state index in [9.17, 15) is 23.3 Å². The summed E-state index contributed by atoms with van der Waals surface area (Å²) in [7, 11) is -4.20. The molecule has 1 heterocycles. The van der Waals surface area contributed by atoms with Crippen molar-refractivity contribution in [3.05, 3.63) is 58.0 Å². The second-order valence-corrected chi connectivity index (χ2v) is 6.68. The minimum Gasteiger partial charge on any atom is -0.481 e. The van der Waals surface area contributed by atoms with Crippen LogP contribution in [0, 0.1) is 17.0 Å². The smallest absolute Gasteiger partial charge is 0.305 e. The predicted molar refractivity (Wildman–Crippen MR) is 81.9 cm³/mol. The number of hydrogen-bond donors (Lipinski definition) is 2. The number of nitro benzene ring substituents is 1. The number of hydrogen-bond acceptors (Lipinski definition) is 6. The Labute approximate surface area is 137 Å². The minimum absolute atomic E-state index is 0.129. The summed E-state index contributed by atoms with van der Waals surface area (Å²) in [5.74, 6) is -1.10. The summed E-state index contributed by atoms with van der Waals surface area (Å²) in [6.07, 6.45) is 0.748. The molecule has 10 heteroatoms. The molecular formula is C14H14N2O7S. The van der Waals surface area contributed by atoms with Crippen LogP contribution >= 0.6 is 0 Å². The Bertz CT molecular complexity index is 859. The molecule has 0 amide bonds. The van der Waals surface area contributed by atoms with Crippen molar-refractivity contribution in [1.82, 2.24) is 4.72 Å². The molecular weight excluding hydrogens is 340 g/mol. The Morgan fingerprint density at radius 1 is 1.42 bits per heavy atom. The zero-order chi connectivity index (χ0) is 17.9. The van der Waals surface area contributed by atoms with Gasteiger partial charge in [0.1, 0.15) is 5.76 Å². The molecule has 0 spiro atoms. The molecule has 0 bridgehead atoms. The van der Waals surface area contributed by atoms with Gasteiger partial charge >= 0.3 is 5.97 Å². The highest BCUT2D eigenvalue weighted by Crippen LogP contribution is 2.25. The Morgan fingerprint density at radius 3 is 2.67 bits per heavy atom. The van der Waals surface area contributed by atoms with Gasteiger partial charge in [0.05, 0.1) is 28.5 Å². The van der Waals surface area contributed by atoms with E-state index in [1.165, 1.54) is 37.5 Å². The summed E-state index contributed by atoms with van der Waals surface area (Å²) in [5.41, 5.74) is -0.0876. The van der Waals surface area contributed by atoms with Crippen LogP contribution in [0.2, 0.25) is 0 Å². The quantitative estimate of drug-likeness (QED) is 0.572. The highest BCUT2D eigenvalue weighted by atomic mass is 32.2. The van der Waals surface area contributed by atoms with Gasteiger partial charge in [-0.25, -0.2) is 8.42 Å². The Balaban J connectivity index is 2.40. The van der Waals surface area contributed by atoms with Crippen molar-refractivity contribution in [2.45, 2.75) is 24.3 Å². The van der Waals surface area contributed by atoms with Crippen molar-refractivity contribution in [2.24, 2.45) is 0 Å². The Kier molecular flexibility index (Phi) is 5.00. The number of aryl methyl sites for hydroxylation is 1. The molecule has 2 rings (SSSR count). The summed E-state index contributed by atoms with van der Waals surface area (Å²) < 4.78 is 32.4. The van der Waals surface area contributed by atoms with E-state index in [0.29, 0.717) is 5.56 Å². The molecule has 1 aromatic heterocycles. The molecule has 24 heavy (non-hydrogen) atoms. The first-order chi connectivity index (χ1) is 11.2. The second kappa shape index (κ2) is 6.81. The van der Waals surface area contributed by atoms with Crippen LogP contribution in [0.1, 0.15) is 23.8 Å². The van der Waals surface area contributed by atoms with Crippen LogP contribution in [0.15, 0.2) is 45.9 Å². The van der Waals surface area contributed by atoms with Crippen molar-refractivity contribution in [3.8, 4) is 0 Å². The molecule has 2 N–H and O–H groups in total. The highest BCUT2D eigenvalue weighted by Gasteiger charge is 2.27. The molecule has 0 saturated carbocycles. The predicted octanol–water partition coefficient (Wildman–Crippen LogP) is 1.99. The van der Waals surface area contributed by atoms with E-state index in [2.05, 4.69) is 4.72 Å². The number of non-ortho nitro benzene ring substituents is 1. The highest BCUT2D eigenvalue weighted by molar-refractivity contribution is 7.89. The number of nitrogens with one attached hydrogen (secondary N) is 1. The zero-order valence-electron chi connectivity index (χ0n) is 12.5. The van der Waals surface area contributed by atoms with Gasteiger partial charge in [-0.3, -0.25) is 14.9 Å². The molecule has 2 aromatic rings. The number of nitro groups is 1. The maximum absolute atomic E-state index is 12.5. The number of sulfonamides is 1. The maximum atomic E-state index is 12.5. The molecule has 0 fully saturated rings. The number of carboxylic acids is 1. The summed E-state index contributed by atoms with van der Waals surface area (Å²) in [6, 6.07) is 5.23. The summed E-state index contributed by atoms with van der Waals surface area (Å²) >= 11 is 0. The van der Waals surface area contributed by atoms with Crippen molar-refractivity contribution in [1.29, 1.82) is 0 Å². The van der Waals surface area contributed by atoms with Gasteiger partial charge in [0, 0.05) is 12.1 Å². The summed E-state index contributed by atoms with van der Waals surface area (Å²) in [4.78, 5) is 20.8. The van der Waals surface area contributed by atoms with Crippen molar-refractivity contribution < 1.29 is 27.7 Å². The number of furan rings is 1. The first-order valence-corrected chi connectivity index (χ1v) is 8.21. The van der Waals surface area contributed by atoms with E-state index in [0.717, 1.165) is 6.07 Å². The second-order valence-electron chi connectivity index (χ2n) is 4.99. The summed E-state index contributed by atoms with van der Waals surface area (Å²) in [6.45, 7) is 1.48. The third-order valence-electron chi connectivity index (χ3n) is 3.23. The largest absolute Gasteiger partial charge is 0.481 e. The molecule has 0 radical (unpaired) electrons. The van der Waals surface area contributed by atoms with Gasteiger partial charge in [-0.15, -0.1) is 0 Å². The standard InChI is InChI=1S/C14H14N2O7S/c1-9-4-5-10(16(19)20)7-13(9)24(21,22)15-11(8-14(17)18)12-3-2-6-23-12/h2-7,11,15H,8H2,1H3,(H,17,18)/t11-/m1/s1. The first kappa shape index (κ1) is 17.6. The zero-order valence-corrected chi connectivity index (χ0v) is 13.3. The number of rotatable bonds is 7. The van der Waals surface area contributed by atoms with Gasteiger partial charge < -0.3 is 9.52 Å². The maximum Gasteiger partial charge on any atom is 0.305 e. The van der Waals surface area contributed by atoms with Gasteiger partial charge in [-0.1, -0.05) is 6.07 Å².